The van der Waals surface area contributed by atoms with E-state index in [0.717, 1.165) is 0 Å². The van der Waals surface area contributed by atoms with Crippen LogP contribution in [0, 0.1) is 11.8 Å². The minimum atomic E-state index is -0.380. The van der Waals surface area contributed by atoms with Crippen LogP contribution in [0.2, 0.25) is 0 Å². The van der Waals surface area contributed by atoms with E-state index in [2.05, 4.69) is 43.0 Å². The summed E-state index contributed by atoms with van der Waals surface area (Å²) in [6, 6.07) is 0. The van der Waals surface area contributed by atoms with E-state index >= 15 is 0 Å². The predicted molar refractivity (Wildman–Crippen MR) is 65.3 cm³/mol. The third-order valence-corrected chi connectivity index (χ3v) is 4.24. The second-order valence-electron chi connectivity index (χ2n) is 4.76. The van der Waals surface area contributed by atoms with Gasteiger partial charge in [0.05, 0.1) is 6.10 Å². The Morgan fingerprint density at radius 1 is 1.36 bits per heavy atom. The minimum Gasteiger partial charge on any atom is -0.388 e. The topological polar surface area (TPSA) is 20.2 Å². The van der Waals surface area contributed by atoms with Gasteiger partial charge in [0.1, 0.15) is 0 Å². The van der Waals surface area contributed by atoms with Crippen molar-refractivity contribution in [3.63, 3.8) is 0 Å². The number of hydrogen-bond acceptors (Lipinski definition) is 1. The summed E-state index contributed by atoms with van der Waals surface area (Å²) in [5, 5.41) is 9.76. The van der Waals surface area contributed by atoms with Gasteiger partial charge in [0, 0.05) is 5.16 Å². The molecule has 0 saturated heterocycles. The van der Waals surface area contributed by atoms with Crippen LogP contribution in [0.4, 0.5) is 0 Å². The molecule has 0 amide bonds. The molecule has 1 nitrogen and oxygen atoms in total. The van der Waals surface area contributed by atoms with Gasteiger partial charge in [-0.2, -0.15) is 0 Å². The van der Waals surface area contributed by atoms with Crippen LogP contribution >= 0.6 is 9.24 Å². The van der Waals surface area contributed by atoms with Gasteiger partial charge in [0.25, 0.3) is 0 Å². The van der Waals surface area contributed by atoms with Crippen molar-refractivity contribution >= 4 is 9.24 Å². The third kappa shape index (κ3) is 2.10. The van der Waals surface area contributed by atoms with E-state index in [1.807, 2.05) is 12.2 Å². The molecule has 3 unspecified atom stereocenters. The Morgan fingerprint density at radius 2 is 1.93 bits per heavy atom. The Balaban J connectivity index is 3.02. The molecule has 2 heteroatoms. The highest BCUT2D eigenvalue weighted by Gasteiger charge is 2.35. The number of aliphatic hydroxyl groups is 1. The van der Waals surface area contributed by atoms with Gasteiger partial charge < -0.3 is 5.11 Å². The first-order valence-electron chi connectivity index (χ1n) is 5.25. The fraction of sp³-hybridized carbons (Fsp3) is 0.667. The lowest BCUT2D eigenvalue weighted by atomic mass is 9.81. The Labute approximate surface area is 89.5 Å². The molecule has 1 aliphatic rings. The molecular weight excluding hydrogens is 191 g/mol. The second-order valence-corrected chi connectivity index (χ2v) is 5.76. The molecule has 0 fully saturated rings. The van der Waals surface area contributed by atoms with Gasteiger partial charge in [-0.05, 0) is 17.4 Å². The van der Waals surface area contributed by atoms with Gasteiger partial charge in [-0.3, -0.25) is 0 Å². The van der Waals surface area contributed by atoms with E-state index in [4.69, 9.17) is 0 Å². The molecular formula is C12H21OP. The zero-order valence-electron chi connectivity index (χ0n) is 9.49. The summed E-state index contributed by atoms with van der Waals surface area (Å²) in [5.74, 6) is 0.943. The highest BCUT2D eigenvalue weighted by molar-refractivity contribution is 7.19. The summed E-state index contributed by atoms with van der Waals surface area (Å²) in [6.07, 6.45) is 5.77. The van der Waals surface area contributed by atoms with Crippen LogP contribution in [0.5, 0.6) is 0 Å². The van der Waals surface area contributed by atoms with Crippen molar-refractivity contribution in [2.45, 2.75) is 39.0 Å². The van der Waals surface area contributed by atoms with Gasteiger partial charge >= 0.3 is 0 Å². The summed E-state index contributed by atoms with van der Waals surface area (Å²) in [7, 11) is 2.81. The molecule has 80 valence electrons. The van der Waals surface area contributed by atoms with Crippen LogP contribution in [0.1, 0.15) is 27.7 Å². The molecule has 1 N–H and O–H groups in total. The van der Waals surface area contributed by atoms with Gasteiger partial charge in [-0.1, -0.05) is 45.9 Å². The van der Waals surface area contributed by atoms with Crippen LogP contribution in [-0.2, 0) is 0 Å². The fourth-order valence-corrected chi connectivity index (χ4v) is 1.96. The summed E-state index contributed by atoms with van der Waals surface area (Å²) in [4.78, 5) is 0. The predicted octanol–water partition coefficient (Wildman–Crippen LogP) is 2.77. The first kappa shape index (κ1) is 11.9. The first-order chi connectivity index (χ1) is 6.38. The van der Waals surface area contributed by atoms with Crippen LogP contribution < -0.4 is 0 Å². The fourth-order valence-electron chi connectivity index (χ4n) is 1.66. The molecule has 0 heterocycles. The SMILES string of the molecule is CC(C)C1=CC(P)(C(C)C)C(O)C=C1. The third-order valence-electron chi connectivity index (χ3n) is 3.07. The average Bonchev–Trinajstić information content (AvgIpc) is 2.09. The van der Waals surface area contributed by atoms with Crippen molar-refractivity contribution < 1.29 is 5.11 Å². The molecule has 0 saturated carbocycles. The Bertz CT molecular complexity index is 265. The molecule has 0 spiro atoms. The molecule has 1 aliphatic carbocycles. The lowest BCUT2D eigenvalue weighted by molar-refractivity contribution is 0.167. The molecule has 1 rings (SSSR count). The van der Waals surface area contributed by atoms with Crippen LogP contribution in [-0.4, -0.2) is 16.4 Å². The van der Waals surface area contributed by atoms with E-state index in [1.54, 1.807) is 0 Å². The quantitative estimate of drug-likeness (QED) is 0.698. The Hall–Kier alpha value is -0.130. The molecule has 3 atom stereocenters. The van der Waals surface area contributed by atoms with Gasteiger partial charge in [-0.25, -0.2) is 0 Å². The monoisotopic (exact) mass is 212 g/mol. The molecule has 0 aromatic carbocycles. The van der Waals surface area contributed by atoms with Gasteiger partial charge in [0.2, 0.25) is 0 Å². The number of aliphatic hydroxyl groups excluding tert-OH is 1. The smallest absolute Gasteiger partial charge is 0.0851 e. The number of hydrogen-bond donors (Lipinski definition) is 1. The molecule has 0 bridgehead atoms. The molecule has 0 radical (unpaired) electrons. The zero-order valence-corrected chi connectivity index (χ0v) is 10.6. The van der Waals surface area contributed by atoms with Crippen molar-refractivity contribution in [3.05, 3.63) is 23.8 Å². The van der Waals surface area contributed by atoms with Gasteiger partial charge in [0.15, 0.2) is 0 Å². The Morgan fingerprint density at radius 3 is 2.36 bits per heavy atom. The van der Waals surface area contributed by atoms with Crippen molar-refractivity contribution in [1.82, 2.24) is 0 Å². The normalized spacial score (nSPS) is 32.6. The van der Waals surface area contributed by atoms with Crippen molar-refractivity contribution in [2.24, 2.45) is 11.8 Å². The lowest BCUT2D eigenvalue weighted by Gasteiger charge is -2.37. The molecule has 14 heavy (non-hydrogen) atoms. The molecule has 0 aromatic rings. The summed E-state index contributed by atoms with van der Waals surface area (Å²) in [6.45, 7) is 8.65. The zero-order chi connectivity index (χ0) is 10.9. The van der Waals surface area contributed by atoms with Crippen LogP contribution in [0.15, 0.2) is 23.8 Å². The standard InChI is InChI=1S/C12H21OP/c1-8(2)10-5-6-11(13)12(14,7-10)9(3)4/h5-9,11,13H,14H2,1-4H3. The van der Waals surface area contributed by atoms with Gasteiger partial charge in [-0.15, -0.1) is 9.24 Å². The first-order valence-corrected chi connectivity index (χ1v) is 5.83. The summed E-state index contributed by atoms with van der Waals surface area (Å²) in [5.41, 5.74) is 1.32. The summed E-state index contributed by atoms with van der Waals surface area (Å²) >= 11 is 0. The van der Waals surface area contributed by atoms with Crippen LogP contribution in [0.3, 0.4) is 0 Å². The van der Waals surface area contributed by atoms with E-state index in [9.17, 15) is 5.11 Å². The lowest BCUT2D eigenvalue weighted by Crippen LogP contribution is -2.40. The molecule has 0 aliphatic heterocycles. The van der Waals surface area contributed by atoms with E-state index in [0.29, 0.717) is 11.8 Å². The Kier molecular flexibility index (Phi) is 3.55. The largest absolute Gasteiger partial charge is 0.388 e. The van der Waals surface area contributed by atoms with Crippen LogP contribution in [0.25, 0.3) is 0 Å². The maximum Gasteiger partial charge on any atom is 0.0851 e. The second kappa shape index (κ2) is 4.16. The van der Waals surface area contributed by atoms with Crippen molar-refractivity contribution in [1.29, 1.82) is 0 Å². The van der Waals surface area contributed by atoms with E-state index in [1.165, 1.54) is 5.57 Å². The van der Waals surface area contributed by atoms with Crippen molar-refractivity contribution in [3.8, 4) is 0 Å². The minimum absolute atomic E-state index is 0.186. The maximum absolute atomic E-state index is 9.95. The number of allylic oxidation sites excluding steroid dienone is 2. The average molecular weight is 212 g/mol. The number of rotatable bonds is 2. The van der Waals surface area contributed by atoms with E-state index in [-0.39, 0.29) is 11.3 Å². The van der Waals surface area contributed by atoms with Crippen molar-refractivity contribution in [2.75, 3.05) is 0 Å². The highest BCUT2D eigenvalue weighted by atomic mass is 31.0. The maximum atomic E-state index is 9.95. The summed E-state index contributed by atoms with van der Waals surface area (Å²) < 4.78 is 0. The van der Waals surface area contributed by atoms with E-state index < -0.39 is 0 Å². The highest BCUT2D eigenvalue weighted by Crippen LogP contribution is 2.38. The molecule has 0 aromatic heterocycles.